The maximum atomic E-state index is 5.76. The van der Waals surface area contributed by atoms with Gasteiger partial charge in [-0.25, -0.2) is 0 Å². The van der Waals surface area contributed by atoms with Crippen LogP contribution < -0.4 is 5.73 Å². The van der Waals surface area contributed by atoms with E-state index < -0.39 is 0 Å². The summed E-state index contributed by atoms with van der Waals surface area (Å²) in [5.41, 5.74) is 5.76. The first-order valence-electron chi connectivity index (χ1n) is 5.49. The molecule has 1 atom stereocenters. The average Bonchev–Trinajstić information content (AvgIpc) is 1.99. The van der Waals surface area contributed by atoms with Crippen LogP contribution in [0.3, 0.4) is 0 Å². The number of unbranched alkanes of at least 4 members (excludes halogenated alkanes) is 2. The van der Waals surface area contributed by atoms with Crippen LogP contribution in [0.5, 0.6) is 0 Å². The zero-order valence-electron chi connectivity index (χ0n) is 8.55. The fraction of sp³-hybridized carbons (Fsp3) is 1.00. The standard InChI is InChI=1S/C11H23N/c1-3-4-5-6-9(2)10-7-11(12)8-10/h9-11H,3-8,12H2,1-2H3/t9-,10?,11?/m0/s1. The molecule has 0 amide bonds. The van der Waals surface area contributed by atoms with E-state index in [4.69, 9.17) is 5.73 Å². The Morgan fingerprint density at radius 3 is 2.50 bits per heavy atom. The molecule has 0 heterocycles. The highest BCUT2D eigenvalue weighted by Crippen LogP contribution is 2.34. The van der Waals surface area contributed by atoms with Gasteiger partial charge in [-0.3, -0.25) is 0 Å². The Kier molecular flexibility index (Phi) is 4.07. The molecule has 1 saturated carbocycles. The molecule has 0 aromatic carbocycles. The minimum Gasteiger partial charge on any atom is -0.328 e. The highest BCUT2D eigenvalue weighted by Gasteiger charge is 2.29. The molecule has 0 aliphatic heterocycles. The zero-order valence-corrected chi connectivity index (χ0v) is 8.55. The van der Waals surface area contributed by atoms with E-state index in [0.29, 0.717) is 6.04 Å². The van der Waals surface area contributed by atoms with E-state index in [1.807, 2.05) is 0 Å². The topological polar surface area (TPSA) is 26.0 Å². The molecule has 1 heteroatoms. The normalized spacial score (nSPS) is 31.2. The molecule has 1 rings (SSSR count). The molecule has 0 unspecified atom stereocenters. The van der Waals surface area contributed by atoms with Crippen LogP contribution in [0.25, 0.3) is 0 Å². The Labute approximate surface area is 76.7 Å². The highest BCUT2D eigenvalue weighted by atomic mass is 14.7. The van der Waals surface area contributed by atoms with Gasteiger partial charge >= 0.3 is 0 Å². The summed E-state index contributed by atoms with van der Waals surface area (Å²) in [6.07, 6.45) is 8.16. The van der Waals surface area contributed by atoms with E-state index in [1.165, 1.54) is 38.5 Å². The van der Waals surface area contributed by atoms with Crippen LogP contribution >= 0.6 is 0 Å². The zero-order chi connectivity index (χ0) is 8.97. The second-order valence-electron chi connectivity index (χ2n) is 4.46. The van der Waals surface area contributed by atoms with Crippen molar-refractivity contribution >= 4 is 0 Å². The molecule has 0 aromatic heterocycles. The molecule has 0 aromatic rings. The number of rotatable bonds is 5. The lowest BCUT2D eigenvalue weighted by Gasteiger charge is -2.37. The van der Waals surface area contributed by atoms with Gasteiger partial charge in [0.05, 0.1) is 0 Å². The van der Waals surface area contributed by atoms with Gasteiger partial charge in [-0.15, -0.1) is 0 Å². The van der Waals surface area contributed by atoms with Crippen molar-refractivity contribution in [3.63, 3.8) is 0 Å². The van der Waals surface area contributed by atoms with Crippen LogP contribution in [-0.2, 0) is 0 Å². The summed E-state index contributed by atoms with van der Waals surface area (Å²) in [5.74, 6) is 1.88. The Bertz CT molecular complexity index is 116. The highest BCUT2D eigenvalue weighted by molar-refractivity contribution is 4.84. The van der Waals surface area contributed by atoms with E-state index in [1.54, 1.807) is 0 Å². The summed E-state index contributed by atoms with van der Waals surface area (Å²) in [5, 5.41) is 0. The van der Waals surface area contributed by atoms with E-state index in [0.717, 1.165) is 11.8 Å². The molecule has 1 aliphatic carbocycles. The van der Waals surface area contributed by atoms with Crippen LogP contribution in [0.1, 0.15) is 52.4 Å². The van der Waals surface area contributed by atoms with Crippen LogP contribution in [-0.4, -0.2) is 6.04 Å². The Morgan fingerprint density at radius 2 is 2.00 bits per heavy atom. The molecule has 0 spiro atoms. The van der Waals surface area contributed by atoms with Gasteiger partial charge in [0.1, 0.15) is 0 Å². The lowest BCUT2D eigenvalue weighted by Crippen LogP contribution is -2.39. The van der Waals surface area contributed by atoms with E-state index in [-0.39, 0.29) is 0 Å². The van der Waals surface area contributed by atoms with E-state index in [2.05, 4.69) is 13.8 Å². The van der Waals surface area contributed by atoms with Crippen molar-refractivity contribution in [3.8, 4) is 0 Å². The molecule has 0 saturated heterocycles. The maximum Gasteiger partial charge on any atom is 0.00443 e. The van der Waals surface area contributed by atoms with Gasteiger partial charge in [-0.05, 0) is 24.7 Å². The van der Waals surface area contributed by atoms with E-state index in [9.17, 15) is 0 Å². The molecular weight excluding hydrogens is 146 g/mol. The third kappa shape index (κ3) is 2.78. The summed E-state index contributed by atoms with van der Waals surface area (Å²) >= 11 is 0. The lowest BCUT2D eigenvalue weighted by molar-refractivity contribution is 0.176. The molecule has 1 nitrogen and oxygen atoms in total. The molecule has 0 bridgehead atoms. The predicted octanol–water partition coefficient (Wildman–Crippen LogP) is 2.94. The van der Waals surface area contributed by atoms with E-state index >= 15 is 0 Å². The maximum absolute atomic E-state index is 5.76. The van der Waals surface area contributed by atoms with Gasteiger partial charge in [-0.2, -0.15) is 0 Å². The molecule has 2 N–H and O–H groups in total. The smallest absolute Gasteiger partial charge is 0.00443 e. The minimum atomic E-state index is 0.531. The Balaban J connectivity index is 2.00. The van der Waals surface area contributed by atoms with Gasteiger partial charge in [0.25, 0.3) is 0 Å². The summed E-state index contributed by atoms with van der Waals surface area (Å²) in [6.45, 7) is 4.66. The fourth-order valence-electron chi connectivity index (χ4n) is 2.13. The van der Waals surface area contributed by atoms with Crippen molar-refractivity contribution < 1.29 is 0 Å². The number of nitrogens with two attached hydrogens (primary N) is 1. The van der Waals surface area contributed by atoms with Crippen LogP contribution in [0, 0.1) is 11.8 Å². The van der Waals surface area contributed by atoms with Gasteiger partial charge in [0.15, 0.2) is 0 Å². The largest absolute Gasteiger partial charge is 0.328 e. The second-order valence-corrected chi connectivity index (χ2v) is 4.46. The van der Waals surface area contributed by atoms with Crippen molar-refractivity contribution in [1.29, 1.82) is 0 Å². The number of hydrogen-bond acceptors (Lipinski definition) is 1. The first kappa shape index (κ1) is 10.0. The molecular formula is C11H23N. The van der Waals surface area contributed by atoms with Crippen molar-refractivity contribution in [2.45, 2.75) is 58.4 Å². The minimum absolute atomic E-state index is 0.531. The van der Waals surface area contributed by atoms with Crippen molar-refractivity contribution in [1.82, 2.24) is 0 Å². The van der Waals surface area contributed by atoms with Gasteiger partial charge < -0.3 is 5.73 Å². The van der Waals surface area contributed by atoms with Crippen molar-refractivity contribution in [2.24, 2.45) is 17.6 Å². The molecule has 72 valence electrons. The predicted molar refractivity (Wildman–Crippen MR) is 54.0 cm³/mol. The molecule has 0 radical (unpaired) electrons. The molecule has 1 aliphatic rings. The molecule has 12 heavy (non-hydrogen) atoms. The summed E-state index contributed by atoms with van der Waals surface area (Å²) in [6, 6.07) is 0.531. The lowest BCUT2D eigenvalue weighted by atomic mass is 9.72. The average molecular weight is 169 g/mol. The van der Waals surface area contributed by atoms with Crippen LogP contribution in [0.15, 0.2) is 0 Å². The first-order chi connectivity index (χ1) is 5.74. The van der Waals surface area contributed by atoms with Gasteiger partial charge in [0.2, 0.25) is 0 Å². The third-order valence-corrected chi connectivity index (χ3v) is 3.28. The van der Waals surface area contributed by atoms with Crippen LogP contribution in [0.4, 0.5) is 0 Å². The molecule has 1 fully saturated rings. The summed E-state index contributed by atoms with van der Waals surface area (Å²) in [4.78, 5) is 0. The van der Waals surface area contributed by atoms with Gasteiger partial charge in [0, 0.05) is 6.04 Å². The first-order valence-corrected chi connectivity index (χ1v) is 5.49. The number of hydrogen-bond donors (Lipinski definition) is 1. The Hall–Kier alpha value is -0.0400. The SMILES string of the molecule is CCCCC[C@H](C)C1CC(N)C1. The third-order valence-electron chi connectivity index (χ3n) is 3.28. The van der Waals surface area contributed by atoms with Crippen molar-refractivity contribution in [3.05, 3.63) is 0 Å². The van der Waals surface area contributed by atoms with Crippen LogP contribution in [0.2, 0.25) is 0 Å². The van der Waals surface area contributed by atoms with Crippen molar-refractivity contribution in [2.75, 3.05) is 0 Å². The quantitative estimate of drug-likeness (QED) is 0.629. The Morgan fingerprint density at radius 1 is 1.33 bits per heavy atom. The summed E-state index contributed by atoms with van der Waals surface area (Å²) in [7, 11) is 0. The second kappa shape index (κ2) is 4.86. The van der Waals surface area contributed by atoms with Gasteiger partial charge in [-0.1, -0.05) is 39.5 Å². The monoisotopic (exact) mass is 169 g/mol. The summed E-state index contributed by atoms with van der Waals surface area (Å²) < 4.78 is 0. The fourth-order valence-corrected chi connectivity index (χ4v) is 2.13.